The van der Waals surface area contributed by atoms with Gasteiger partial charge in [0.05, 0.1) is 28.8 Å². The molecule has 0 saturated heterocycles. The fourth-order valence-electron chi connectivity index (χ4n) is 3.12. The Balaban J connectivity index is 1.39. The number of ether oxygens (including phenoxy) is 1. The number of nitrogen functional groups attached to an aromatic ring is 1. The summed E-state index contributed by atoms with van der Waals surface area (Å²) in [7, 11) is -2.47. The first-order valence-electron chi connectivity index (χ1n) is 10.4. The fraction of sp³-hybridized carbons (Fsp3) is 0.0435. The normalized spacial score (nSPS) is 11.1. The van der Waals surface area contributed by atoms with E-state index in [4.69, 9.17) is 22.1 Å². The lowest BCUT2D eigenvalue weighted by atomic mass is 10.1. The Kier molecular flexibility index (Phi) is 7.29. The van der Waals surface area contributed by atoms with Crippen LogP contribution in [0.15, 0.2) is 78.1 Å². The highest BCUT2D eigenvalue weighted by atomic mass is 35.5. The van der Waals surface area contributed by atoms with Crippen molar-refractivity contribution >= 4 is 44.8 Å². The predicted octanol–water partition coefficient (Wildman–Crippen LogP) is 4.12. The number of aromatic nitrogens is 3. The van der Waals surface area contributed by atoms with Crippen LogP contribution in [0.25, 0.3) is 11.1 Å². The van der Waals surface area contributed by atoms with Gasteiger partial charge >= 0.3 is 12.0 Å². The average Bonchev–Trinajstić information content (AvgIpc) is 2.87. The van der Waals surface area contributed by atoms with Crippen molar-refractivity contribution in [3.8, 4) is 22.9 Å². The lowest BCUT2D eigenvalue weighted by molar-refractivity contribution is 0.262. The first-order chi connectivity index (χ1) is 17.2. The number of nitrogens with one attached hydrogen (secondary N) is 3. The number of carbonyl (C=O) groups excluding carboxylic acids is 1. The molecular weight excluding hydrogens is 506 g/mol. The van der Waals surface area contributed by atoms with Gasteiger partial charge in [-0.1, -0.05) is 35.9 Å². The van der Waals surface area contributed by atoms with E-state index in [1.807, 2.05) is 0 Å². The topological polar surface area (TPSA) is 161 Å². The molecule has 0 fully saturated rings. The van der Waals surface area contributed by atoms with Gasteiger partial charge in [0.1, 0.15) is 16.5 Å². The molecule has 0 unspecified atom stereocenters. The van der Waals surface area contributed by atoms with E-state index in [2.05, 4.69) is 30.3 Å². The van der Waals surface area contributed by atoms with Gasteiger partial charge in [0, 0.05) is 11.8 Å². The van der Waals surface area contributed by atoms with Crippen molar-refractivity contribution in [2.24, 2.45) is 0 Å². The van der Waals surface area contributed by atoms with Gasteiger partial charge in [0.2, 0.25) is 10.0 Å². The number of nitrogens with zero attached hydrogens (tertiary/aromatic N) is 3. The summed E-state index contributed by atoms with van der Waals surface area (Å²) in [5.74, 6) is 0.837. The molecule has 184 valence electrons. The number of amides is 2. The number of carbonyl (C=O) groups is 1. The van der Waals surface area contributed by atoms with Crippen molar-refractivity contribution in [2.45, 2.75) is 4.90 Å². The number of halogens is 1. The molecule has 4 rings (SSSR count). The van der Waals surface area contributed by atoms with Gasteiger partial charge in [0.25, 0.3) is 0 Å². The Morgan fingerprint density at radius 1 is 0.972 bits per heavy atom. The maximum Gasteiger partial charge on any atom is 0.323 e. The van der Waals surface area contributed by atoms with Crippen LogP contribution < -0.4 is 25.8 Å². The minimum absolute atomic E-state index is 0.0584. The van der Waals surface area contributed by atoms with E-state index >= 15 is 0 Å². The summed E-state index contributed by atoms with van der Waals surface area (Å²) in [5.41, 5.74) is 7.82. The SMILES string of the molecule is CNS(=O)(=O)c1ccccc1NC(=O)Nc1cnc(Oc2ccc(-c3cc(Cl)cnc3N)cc2)nc1. The minimum Gasteiger partial charge on any atom is -0.424 e. The summed E-state index contributed by atoms with van der Waals surface area (Å²) < 4.78 is 32.1. The molecule has 0 saturated carbocycles. The number of para-hydroxylation sites is 1. The molecule has 5 N–H and O–H groups in total. The molecule has 2 aromatic carbocycles. The molecule has 2 amide bonds. The zero-order valence-electron chi connectivity index (χ0n) is 18.8. The van der Waals surface area contributed by atoms with Crippen molar-refractivity contribution < 1.29 is 17.9 Å². The Morgan fingerprint density at radius 2 is 1.67 bits per heavy atom. The van der Waals surface area contributed by atoms with Crippen LogP contribution >= 0.6 is 11.6 Å². The minimum atomic E-state index is -3.75. The number of benzene rings is 2. The molecule has 0 aliphatic carbocycles. The summed E-state index contributed by atoms with van der Waals surface area (Å²) >= 11 is 6.00. The van der Waals surface area contributed by atoms with Crippen molar-refractivity contribution in [3.63, 3.8) is 0 Å². The van der Waals surface area contributed by atoms with Crippen LogP contribution in [0.5, 0.6) is 11.8 Å². The summed E-state index contributed by atoms with van der Waals surface area (Å²) in [4.78, 5) is 24.5. The standard InChI is InChI=1S/C23H20ClN7O4S/c1-26-36(33,34)20-5-3-2-4-19(20)31-22(32)30-16-12-28-23(29-13-16)35-17-8-6-14(7-9-17)18-10-15(24)11-27-21(18)25/h2-13,26H,1H3,(H2,25,27)(H2,30,31,32). The quantitative estimate of drug-likeness (QED) is 0.280. The molecule has 0 spiro atoms. The van der Waals surface area contributed by atoms with Crippen molar-refractivity contribution in [1.29, 1.82) is 0 Å². The molecular formula is C23H20ClN7O4S. The second kappa shape index (κ2) is 10.6. The molecule has 0 aliphatic rings. The highest BCUT2D eigenvalue weighted by Gasteiger charge is 2.17. The van der Waals surface area contributed by atoms with Gasteiger partial charge in [0.15, 0.2) is 0 Å². The number of pyridine rings is 1. The number of sulfonamides is 1. The van der Waals surface area contributed by atoms with Crippen LogP contribution in [-0.4, -0.2) is 36.4 Å². The summed E-state index contributed by atoms with van der Waals surface area (Å²) in [5, 5.41) is 5.52. The third kappa shape index (κ3) is 5.86. The monoisotopic (exact) mass is 525 g/mol. The number of hydrogen-bond acceptors (Lipinski definition) is 8. The van der Waals surface area contributed by atoms with Gasteiger partial charge in [-0.3, -0.25) is 0 Å². The molecule has 0 radical (unpaired) electrons. The Bertz CT molecular complexity index is 1500. The largest absolute Gasteiger partial charge is 0.424 e. The Labute approximate surface area is 211 Å². The third-order valence-electron chi connectivity index (χ3n) is 4.84. The molecule has 2 aromatic heterocycles. The molecule has 13 heteroatoms. The summed E-state index contributed by atoms with van der Waals surface area (Å²) in [6, 6.07) is 14.2. The Hall–Kier alpha value is -4.26. The lowest BCUT2D eigenvalue weighted by Gasteiger charge is -2.12. The number of rotatable bonds is 7. The molecule has 0 aliphatic heterocycles. The molecule has 36 heavy (non-hydrogen) atoms. The first kappa shape index (κ1) is 24.9. The maximum absolute atomic E-state index is 12.4. The van der Waals surface area contributed by atoms with E-state index in [1.165, 1.54) is 37.8 Å². The fourth-order valence-corrected chi connectivity index (χ4v) is 4.17. The van der Waals surface area contributed by atoms with Crippen LogP contribution in [0.3, 0.4) is 0 Å². The van der Waals surface area contributed by atoms with Gasteiger partial charge in [-0.25, -0.2) is 32.9 Å². The molecule has 0 atom stereocenters. The van der Waals surface area contributed by atoms with E-state index in [0.717, 1.165) is 5.56 Å². The average molecular weight is 526 g/mol. The molecule has 4 aromatic rings. The van der Waals surface area contributed by atoms with E-state index < -0.39 is 16.1 Å². The van der Waals surface area contributed by atoms with Crippen LogP contribution in [0, 0.1) is 0 Å². The van der Waals surface area contributed by atoms with E-state index in [0.29, 0.717) is 22.2 Å². The highest BCUT2D eigenvalue weighted by molar-refractivity contribution is 7.89. The number of urea groups is 1. The smallest absolute Gasteiger partial charge is 0.323 e. The lowest BCUT2D eigenvalue weighted by Crippen LogP contribution is -2.24. The van der Waals surface area contributed by atoms with Crippen LogP contribution in [0.1, 0.15) is 0 Å². The first-order valence-corrected chi connectivity index (χ1v) is 12.2. The van der Waals surface area contributed by atoms with E-state index in [-0.39, 0.29) is 22.3 Å². The van der Waals surface area contributed by atoms with Gasteiger partial charge < -0.3 is 21.1 Å². The van der Waals surface area contributed by atoms with Crippen molar-refractivity contribution in [1.82, 2.24) is 19.7 Å². The predicted molar refractivity (Wildman–Crippen MR) is 137 cm³/mol. The molecule has 2 heterocycles. The zero-order chi connectivity index (χ0) is 25.7. The number of hydrogen-bond donors (Lipinski definition) is 4. The summed E-state index contributed by atoms with van der Waals surface area (Å²) in [6.45, 7) is 0. The van der Waals surface area contributed by atoms with Crippen LogP contribution in [-0.2, 0) is 10.0 Å². The van der Waals surface area contributed by atoms with Crippen molar-refractivity contribution in [2.75, 3.05) is 23.4 Å². The van der Waals surface area contributed by atoms with Gasteiger partial charge in [-0.2, -0.15) is 0 Å². The molecule has 0 bridgehead atoms. The maximum atomic E-state index is 12.4. The third-order valence-corrected chi connectivity index (χ3v) is 6.52. The second-order valence-corrected chi connectivity index (χ2v) is 9.54. The van der Waals surface area contributed by atoms with Crippen LogP contribution in [0.4, 0.5) is 22.0 Å². The van der Waals surface area contributed by atoms with E-state index in [9.17, 15) is 13.2 Å². The zero-order valence-corrected chi connectivity index (χ0v) is 20.3. The Morgan fingerprint density at radius 3 is 2.36 bits per heavy atom. The number of nitrogens with two attached hydrogens (primary N) is 1. The van der Waals surface area contributed by atoms with E-state index in [1.54, 1.807) is 42.5 Å². The molecule has 11 nitrogen and oxygen atoms in total. The van der Waals surface area contributed by atoms with Gasteiger partial charge in [-0.05, 0) is 42.9 Å². The van der Waals surface area contributed by atoms with Gasteiger partial charge in [-0.15, -0.1) is 0 Å². The van der Waals surface area contributed by atoms with Crippen molar-refractivity contribution in [3.05, 3.63) is 78.2 Å². The second-order valence-electron chi connectivity index (χ2n) is 7.25. The summed E-state index contributed by atoms with van der Waals surface area (Å²) in [6.07, 6.45) is 4.18. The highest BCUT2D eigenvalue weighted by Crippen LogP contribution is 2.29. The number of anilines is 3. The van der Waals surface area contributed by atoms with Crippen LogP contribution in [0.2, 0.25) is 5.02 Å².